The number of aliphatic imine (C=N–C) groups is 1. The third kappa shape index (κ3) is 2.29. The van der Waals surface area contributed by atoms with E-state index in [1.54, 1.807) is 0 Å². The lowest BCUT2D eigenvalue weighted by molar-refractivity contribution is 0.312. The first kappa shape index (κ1) is 10.0. The van der Waals surface area contributed by atoms with Gasteiger partial charge in [0.1, 0.15) is 0 Å². The third-order valence-corrected chi connectivity index (χ3v) is 2.48. The molecule has 0 fully saturated rings. The molecule has 0 aliphatic carbocycles. The first-order chi connectivity index (χ1) is 7.29. The molecule has 1 aromatic carbocycles. The van der Waals surface area contributed by atoms with Gasteiger partial charge in [-0.3, -0.25) is 0 Å². The maximum atomic E-state index is 5.32. The summed E-state index contributed by atoms with van der Waals surface area (Å²) in [4.78, 5) is 4.29. The Morgan fingerprint density at radius 3 is 2.80 bits per heavy atom. The van der Waals surface area contributed by atoms with E-state index >= 15 is 0 Å². The van der Waals surface area contributed by atoms with Crippen LogP contribution in [0.5, 0.6) is 0 Å². The van der Waals surface area contributed by atoms with Gasteiger partial charge in [0.15, 0.2) is 0 Å². The SMILES string of the molecule is CCOC1=NCC(c2ccc(C)cc2)N1. The van der Waals surface area contributed by atoms with Crippen molar-refractivity contribution in [3.05, 3.63) is 35.4 Å². The van der Waals surface area contributed by atoms with Gasteiger partial charge in [0.25, 0.3) is 6.02 Å². The van der Waals surface area contributed by atoms with Crippen LogP contribution >= 0.6 is 0 Å². The van der Waals surface area contributed by atoms with Crippen molar-refractivity contribution in [1.29, 1.82) is 0 Å². The monoisotopic (exact) mass is 204 g/mol. The molecule has 1 N–H and O–H groups in total. The largest absolute Gasteiger partial charge is 0.466 e. The van der Waals surface area contributed by atoms with Crippen molar-refractivity contribution in [2.75, 3.05) is 13.2 Å². The molecule has 0 aromatic heterocycles. The number of benzene rings is 1. The predicted molar refractivity (Wildman–Crippen MR) is 61.0 cm³/mol. The molecule has 1 atom stereocenters. The molecular weight excluding hydrogens is 188 g/mol. The summed E-state index contributed by atoms with van der Waals surface area (Å²) in [7, 11) is 0. The van der Waals surface area contributed by atoms with Gasteiger partial charge in [-0.15, -0.1) is 0 Å². The van der Waals surface area contributed by atoms with Crippen LogP contribution in [0.15, 0.2) is 29.3 Å². The van der Waals surface area contributed by atoms with Gasteiger partial charge in [0.2, 0.25) is 0 Å². The Morgan fingerprint density at radius 2 is 2.13 bits per heavy atom. The molecule has 0 saturated heterocycles. The van der Waals surface area contributed by atoms with Gasteiger partial charge in [-0.2, -0.15) is 0 Å². The number of nitrogens with zero attached hydrogens (tertiary/aromatic N) is 1. The zero-order valence-corrected chi connectivity index (χ0v) is 9.16. The van der Waals surface area contributed by atoms with E-state index in [9.17, 15) is 0 Å². The molecule has 2 rings (SSSR count). The lowest BCUT2D eigenvalue weighted by atomic mass is 10.1. The predicted octanol–water partition coefficient (Wildman–Crippen LogP) is 2.03. The minimum Gasteiger partial charge on any atom is -0.466 e. The van der Waals surface area contributed by atoms with E-state index in [0.717, 1.165) is 6.54 Å². The molecule has 3 heteroatoms. The standard InChI is InChI=1S/C12H16N2O/c1-3-15-12-13-8-11(14-12)10-6-4-9(2)5-7-10/h4-7,11H,3,8H2,1-2H3,(H,13,14). The van der Waals surface area contributed by atoms with Crippen molar-refractivity contribution in [1.82, 2.24) is 5.32 Å². The minimum absolute atomic E-state index is 0.271. The van der Waals surface area contributed by atoms with E-state index in [1.165, 1.54) is 11.1 Å². The summed E-state index contributed by atoms with van der Waals surface area (Å²) < 4.78 is 5.32. The Hall–Kier alpha value is -1.51. The van der Waals surface area contributed by atoms with Crippen LogP contribution in [0.4, 0.5) is 0 Å². The van der Waals surface area contributed by atoms with Crippen LogP contribution in [0.1, 0.15) is 24.1 Å². The van der Waals surface area contributed by atoms with Gasteiger partial charge in [0, 0.05) is 0 Å². The second kappa shape index (κ2) is 4.34. The molecule has 0 bridgehead atoms. The fraction of sp³-hybridized carbons (Fsp3) is 0.417. The molecule has 1 aromatic rings. The zero-order chi connectivity index (χ0) is 10.7. The Kier molecular flexibility index (Phi) is 2.90. The number of nitrogens with one attached hydrogen (secondary N) is 1. The van der Waals surface area contributed by atoms with Crippen LogP contribution < -0.4 is 5.32 Å². The number of aryl methyl sites for hydroxylation is 1. The Balaban J connectivity index is 2.01. The molecule has 3 nitrogen and oxygen atoms in total. The van der Waals surface area contributed by atoms with Crippen LogP contribution in [0.3, 0.4) is 0 Å². The molecule has 1 unspecified atom stereocenters. The molecule has 0 amide bonds. The van der Waals surface area contributed by atoms with Gasteiger partial charge in [-0.25, -0.2) is 4.99 Å². The quantitative estimate of drug-likeness (QED) is 0.799. The van der Waals surface area contributed by atoms with Crippen LogP contribution in [0, 0.1) is 6.92 Å². The Morgan fingerprint density at radius 1 is 1.40 bits per heavy atom. The van der Waals surface area contributed by atoms with Gasteiger partial charge in [-0.05, 0) is 19.4 Å². The molecule has 0 spiro atoms. The number of hydrogen-bond acceptors (Lipinski definition) is 3. The van der Waals surface area contributed by atoms with Crippen LogP contribution in [-0.4, -0.2) is 19.2 Å². The van der Waals surface area contributed by atoms with E-state index in [4.69, 9.17) is 4.74 Å². The first-order valence-corrected chi connectivity index (χ1v) is 5.30. The minimum atomic E-state index is 0.271. The van der Waals surface area contributed by atoms with Crippen LogP contribution in [-0.2, 0) is 4.74 Å². The van der Waals surface area contributed by atoms with Crippen molar-refractivity contribution >= 4 is 6.02 Å². The van der Waals surface area contributed by atoms with E-state index in [0.29, 0.717) is 12.6 Å². The van der Waals surface area contributed by atoms with E-state index in [-0.39, 0.29) is 6.04 Å². The number of amidine groups is 1. The Bertz CT molecular complexity index is 356. The molecule has 80 valence electrons. The fourth-order valence-electron chi connectivity index (χ4n) is 1.63. The maximum absolute atomic E-state index is 5.32. The summed E-state index contributed by atoms with van der Waals surface area (Å²) in [6, 6.07) is 9.45. The van der Waals surface area contributed by atoms with Crippen molar-refractivity contribution in [2.45, 2.75) is 19.9 Å². The van der Waals surface area contributed by atoms with Crippen molar-refractivity contribution in [3.63, 3.8) is 0 Å². The topological polar surface area (TPSA) is 33.6 Å². The summed E-state index contributed by atoms with van der Waals surface area (Å²) >= 11 is 0. The smallest absolute Gasteiger partial charge is 0.285 e. The number of ether oxygens (including phenoxy) is 1. The summed E-state index contributed by atoms with van der Waals surface area (Å²) in [6.07, 6.45) is 0. The fourth-order valence-corrected chi connectivity index (χ4v) is 1.63. The lowest BCUT2D eigenvalue weighted by Gasteiger charge is -2.11. The second-order valence-electron chi connectivity index (χ2n) is 3.69. The third-order valence-electron chi connectivity index (χ3n) is 2.48. The molecule has 1 aliphatic rings. The first-order valence-electron chi connectivity index (χ1n) is 5.30. The number of rotatable bonds is 2. The summed E-state index contributed by atoms with van der Waals surface area (Å²) in [6.45, 7) is 5.47. The van der Waals surface area contributed by atoms with E-state index < -0.39 is 0 Å². The average Bonchev–Trinajstić information content (AvgIpc) is 2.68. The lowest BCUT2D eigenvalue weighted by Crippen LogP contribution is -2.25. The molecule has 0 radical (unpaired) electrons. The highest BCUT2D eigenvalue weighted by atomic mass is 16.5. The van der Waals surface area contributed by atoms with Gasteiger partial charge >= 0.3 is 0 Å². The molecule has 0 saturated carbocycles. The van der Waals surface area contributed by atoms with Crippen molar-refractivity contribution < 1.29 is 4.74 Å². The van der Waals surface area contributed by atoms with Crippen LogP contribution in [0.25, 0.3) is 0 Å². The van der Waals surface area contributed by atoms with Gasteiger partial charge < -0.3 is 10.1 Å². The van der Waals surface area contributed by atoms with Gasteiger partial charge in [-0.1, -0.05) is 29.8 Å². The van der Waals surface area contributed by atoms with Crippen molar-refractivity contribution in [2.24, 2.45) is 4.99 Å². The molecule has 1 aliphatic heterocycles. The summed E-state index contributed by atoms with van der Waals surface area (Å²) in [5.74, 6) is 0. The zero-order valence-electron chi connectivity index (χ0n) is 9.16. The summed E-state index contributed by atoms with van der Waals surface area (Å²) in [5.41, 5.74) is 2.54. The molecule has 15 heavy (non-hydrogen) atoms. The van der Waals surface area contributed by atoms with E-state index in [1.807, 2.05) is 6.92 Å². The normalized spacial score (nSPS) is 19.6. The molecular formula is C12H16N2O. The number of hydrogen-bond donors (Lipinski definition) is 1. The highest BCUT2D eigenvalue weighted by molar-refractivity contribution is 5.76. The van der Waals surface area contributed by atoms with Crippen LogP contribution in [0.2, 0.25) is 0 Å². The highest BCUT2D eigenvalue weighted by Gasteiger charge is 2.19. The van der Waals surface area contributed by atoms with E-state index in [2.05, 4.69) is 41.5 Å². The van der Waals surface area contributed by atoms with Crippen molar-refractivity contribution in [3.8, 4) is 0 Å². The highest BCUT2D eigenvalue weighted by Crippen LogP contribution is 2.17. The second-order valence-corrected chi connectivity index (χ2v) is 3.69. The average molecular weight is 204 g/mol. The Labute approximate surface area is 90.2 Å². The molecule has 1 heterocycles. The summed E-state index contributed by atoms with van der Waals surface area (Å²) in [5, 5.41) is 3.26. The maximum Gasteiger partial charge on any atom is 0.285 e. The van der Waals surface area contributed by atoms with Gasteiger partial charge in [0.05, 0.1) is 19.2 Å².